The number of hydrogen-bond acceptors (Lipinski definition) is 4. The van der Waals surface area contributed by atoms with E-state index in [2.05, 4.69) is 10.2 Å². The first-order valence-electron chi connectivity index (χ1n) is 9.40. The second-order valence-electron chi connectivity index (χ2n) is 7.43. The van der Waals surface area contributed by atoms with Crippen molar-refractivity contribution in [1.82, 2.24) is 4.31 Å². The summed E-state index contributed by atoms with van der Waals surface area (Å²) in [6, 6.07) is 10.7. The number of nitrogens with zero attached hydrogens (tertiary/aromatic N) is 2. The predicted molar refractivity (Wildman–Crippen MR) is 113 cm³/mol. The van der Waals surface area contributed by atoms with Crippen molar-refractivity contribution >= 4 is 27.3 Å². The zero-order valence-electron chi connectivity index (χ0n) is 16.8. The van der Waals surface area contributed by atoms with Gasteiger partial charge in [-0.1, -0.05) is 12.1 Å². The van der Waals surface area contributed by atoms with Crippen LogP contribution in [0.5, 0.6) is 0 Å². The third-order valence-corrected chi connectivity index (χ3v) is 6.89. The Balaban J connectivity index is 2.04. The van der Waals surface area contributed by atoms with Crippen LogP contribution in [0.3, 0.4) is 0 Å². The van der Waals surface area contributed by atoms with Crippen molar-refractivity contribution in [2.75, 3.05) is 37.4 Å². The van der Waals surface area contributed by atoms with Crippen molar-refractivity contribution in [2.45, 2.75) is 31.6 Å². The zero-order valence-corrected chi connectivity index (χ0v) is 17.6. The molecule has 2 aromatic rings. The Labute approximate surface area is 167 Å². The molecular formula is C21H27N3O3S. The number of rotatable bonds is 5. The standard InChI is InChI=1S/C21H27N3O3S/c1-15-7-8-16(2)19(13-15)22-21(25)18-14-17(28(26,27)23(3)4)9-10-20(18)24-11-5-6-12-24/h7-10,13-14H,5-6,11-12H2,1-4H3,(H,22,25). The fourth-order valence-electron chi connectivity index (χ4n) is 3.36. The highest BCUT2D eigenvalue weighted by Gasteiger charge is 2.24. The molecule has 1 aliphatic rings. The molecule has 0 radical (unpaired) electrons. The molecule has 1 heterocycles. The van der Waals surface area contributed by atoms with Gasteiger partial charge in [0, 0.05) is 38.6 Å². The highest BCUT2D eigenvalue weighted by atomic mass is 32.2. The first-order chi connectivity index (χ1) is 13.2. The Morgan fingerprint density at radius 2 is 1.71 bits per heavy atom. The highest BCUT2D eigenvalue weighted by molar-refractivity contribution is 7.89. The van der Waals surface area contributed by atoms with Crippen molar-refractivity contribution < 1.29 is 13.2 Å². The summed E-state index contributed by atoms with van der Waals surface area (Å²) < 4.78 is 26.3. The second-order valence-corrected chi connectivity index (χ2v) is 9.58. The van der Waals surface area contributed by atoms with Gasteiger partial charge in [0.15, 0.2) is 0 Å². The van der Waals surface area contributed by atoms with Crippen molar-refractivity contribution in [2.24, 2.45) is 0 Å². The molecule has 6 nitrogen and oxygen atoms in total. The molecule has 0 aliphatic carbocycles. The number of benzene rings is 2. The minimum absolute atomic E-state index is 0.117. The maximum absolute atomic E-state index is 13.2. The molecule has 1 N–H and O–H groups in total. The molecule has 7 heteroatoms. The number of sulfonamides is 1. The van der Waals surface area contributed by atoms with Crippen LogP contribution in [0, 0.1) is 13.8 Å². The summed E-state index contributed by atoms with van der Waals surface area (Å²) in [5.74, 6) is -0.300. The largest absolute Gasteiger partial charge is 0.371 e. The monoisotopic (exact) mass is 401 g/mol. The molecule has 1 amide bonds. The van der Waals surface area contributed by atoms with Crippen molar-refractivity contribution in [3.05, 3.63) is 53.1 Å². The third kappa shape index (κ3) is 4.05. The van der Waals surface area contributed by atoms with Gasteiger partial charge in [-0.3, -0.25) is 4.79 Å². The van der Waals surface area contributed by atoms with Crippen LogP contribution in [0.4, 0.5) is 11.4 Å². The van der Waals surface area contributed by atoms with E-state index in [1.807, 2.05) is 32.0 Å². The van der Waals surface area contributed by atoms with Gasteiger partial charge in [0.05, 0.1) is 10.5 Å². The summed E-state index contributed by atoms with van der Waals surface area (Å²) in [5.41, 5.74) is 3.89. The molecule has 0 bridgehead atoms. The van der Waals surface area contributed by atoms with E-state index in [4.69, 9.17) is 0 Å². The molecule has 2 aromatic carbocycles. The molecular weight excluding hydrogens is 374 g/mol. The maximum atomic E-state index is 13.2. The minimum atomic E-state index is -3.63. The Hall–Kier alpha value is -2.38. The topological polar surface area (TPSA) is 69.7 Å². The Bertz CT molecular complexity index is 994. The summed E-state index contributed by atoms with van der Waals surface area (Å²) in [6.07, 6.45) is 2.13. The summed E-state index contributed by atoms with van der Waals surface area (Å²) in [5, 5.41) is 2.97. The molecule has 3 rings (SSSR count). The summed E-state index contributed by atoms with van der Waals surface area (Å²) in [4.78, 5) is 15.4. The molecule has 0 saturated carbocycles. The summed E-state index contributed by atoms with van der Waals surface area (Å²) >= 11 is 0. The lowest BCUT2D eigenvalue weighted by Crippen LogP contribution is -2.25. The van der Waals surface area contributed by atoms with Crippen molar-refractivity contribution in [3.8, 4) is 0 Å². The molecule has 0 aromatic heterocycles. The number of carbonyl (C=O) groups excluding carboxylic acids is 1. The van der Waals surface area contributed by atoms with Crippen LogP contribution < -0.4 is 10.2 Å². The Kier molecular flexibility index (Phi) is 5.76. The fraction of sp³-hybridized carbons (Fsp3) is 0.381. The molecule has 1 aliphatic heterocycles. The van der Waals surface area contributed by atoms with Crippen LogP contribution >= 0.6 is 0 Å². The van der Waals surface area contributed by atoms with Crippen LogP contribution in [-0.4, -0.2) is 45.8 Å². The average molecular weight is 402 g/mol. The Morgan fingerprint density at radius 1 is 1.04 bits per heavy atom. The van der Waals surface area contributed by atoms with Gasteiger partial charge in [-0.15, -0.1) is 0 Å². The molecule has 150 valence electrons. The fourth-order valence-corrected chi connectivity index (χ4v) is 4.29. The number of hydrogen-bond donors (Lipinski definition) is 1. The Morgan fingerprint density at radius 3 is 2.36 bits per heavy atom. The number of carbonyl (C=O) groups is 1. The van der Waals surface area contributed by atoms with E-state index in [9.17, 15) is 13.2 Å². The molecule has 0 atom stereocenters. The van der Waals surface area contributed by atoms with E-state index in [-0.39, 0.29) is 10.8 Å². The molecule has 0 unspecified atom stereocenters. The smallest absolute Gasteiger partial charge is 0.257 e. The predicted octanol–water partition coefficient (Wildman–Crippen LogP) is 3.41. The van der Waals surface area contributed by atoms with Gasteiger partial charge in [0.25, 0.3) is 5.91 Å². The molecule has 1 fully saturated rings. The lowest BCUT2D eigenvalue weighted by atomic mass is 10.1. The number of anilines is 2. The SMILES string of the molecule is Cc1ccc(C)c(NC(=O)c2cc(S(=O)(=O)N(C)C)ccc2N2CCCC2)c1. The van der Waals surface area contributed by atoms with Crippen LogP contribution in [0.2, 0.25) is 0 Å². The molecule has 0 spiro atoms. The van der Waals surface area contributed by atoms with Crippen molar-refractivity contribution in [3.63, 3.8) is 0 Å². The van der Waals surface area contributed by atoms with E-state index >= 15 is 0 Å². The minimum Gasteiger partial charge on any atom is -0.371 e. The van der Waals surface area contributed by atoms with Gasteiger partial charge < -0.3 is 10.2 Å². The number of amides is 1. The van der Waals surface area contributed by atoms with E-state index in [1.165, 1.54) is 20.2 Å². The molecule has 1 saturated heterocycles. The number of nitrogens with one attached hydrogen (secondary N) is 1. The van der Waals surface area contributed by atoms with Crippen molar-refractivity contribution in [1.29, 1.82) is 0 Å². The molecule has 28 heavy (non-hydrogen) atoms. The van der Waals surface area contributed by atoms with Gasteiger partial charge in [0.2, 0.25) is 10.0 Å². The summed E-state index contributed by atoms with van der Waals surface area (Å²) in [7, 11) is -0.655. The normalized spacial score (nSPS) is 14.5. The van der Waals surface area contributed by atoms with Gasteiger partial charge in [-0.05, 0) is 62.1 Å². The van der Waals surface area contributed by atoms with Crippen LogP contribution in [-0.2, 0) is 10.0 Å². The van der Waals surface area contributed by atoms with Crippen LogP contribution in [0.15, 0.2) is 41.3 Å². The highest BCUT2D eigenvalue weighted by Crippen LogP contribution is 2.29. The lowest BCUT2D eigenvalue weighted by molar-refractivity contribution is 0.102. The van der Waals surface area contributed by atoms with E-state index in [1.54, 1.807) is 12.1 Å². The second kappa shape index (κ2) is 7.93. The van der Waals surface area contributed by atoms with Gasteiger partial charge >= 0.3 is 0 Å². The van der Waals surface area contributed by atoms with Gasteiger partial charge in [0.1, 0.15) is 0 Å². The first kappa shape index (κ1) is 20.4. The van der Waals surface area contributed by atoms with E-state index in [0.717, 1.165) is 52.7 Å². The maximum Gasteiger partial charge on any atom is 0.257 e. The quantitative estimate of drug-likeness (QED) is 0.834. The first-order valence-corrected chi connectivity index (χ1v) is 10.8. The lowest BCUT2D eigenvalue weighted by Gasteiger charge is -2.22. The number of aryl methyl sites for hydroxylation is 2. The third-order valence-electron chi connectivity index (χ3n) is 5.08. The van der Waals surface area contributed by atoms with E-state index in [0.29, 0.717) is 5.56 Å². The van der Waals surface area contributed by atoms with Gasteiger partial charge in [-0.2, -0.15) is 0 Å². The zero-order chi connectivity index (χ0) is 20.5. The van der Waals surface area contributed by atoms with Crippen LogP contribution in [0.25, 0.3) is 0 Å². The van der Waals surface area contributed by atoms with E-state index < -0.39 is 10.0 Å². The van der Waals surface area contributed by atoms with Crippen LogP contribution in [0.1, 0.15) is 34.3 Å². The van der Waals surface area contributed by atoms with Gasteiger partial charge in [-0.25, -0.2) is 12.7 Å². The summed E-state index contributed by atoms with van der Waals surface area (Å²) in [6.45, 7) is 5.63. The average Bonchev–Trinajstić information content (AvgIpc) is 3.18.